The van der Waals surface area contributed by atoms with E-state index in [1.165, 1.54) is 0 Å². The predicted molar refractivity (Wildman–Crippen MR) is 77.7 cm³/mol. The van der Waals surface area contributed by atoms with E-state index < -0.39 is 0 Å². The van der Waals surface area contributed by atoms with E-state index in [1.807, 2.05) is 18.2 Å². The van der Waals surface area contributed by atoms with Gasteiger partial charge in [-0.15, -0.1) is 0 Å². The first-order valence-corrected chi connectivity index (χ1v) is 7.43. The lowest BCUT2D eigenvalue weighted by Crippen LogP contribution is -2.26. The van der Waals surface area contributed by atoms with Crippen LogP contribution in [0.2, 0.25) is 5.02 Å². The largest absolute Gasteiger partial charge is 0.486 e. The highest BCUT2D eigenvalue weighted by atomic mass is 35.5. The van der Waals surface area contributed by atoms with Gasteiger partial charge in [-0.25, -0.2) is 0 Å². The number of benzene rings is 1. The van der Waals surface area contributed by atoms with E-state index in [4.69, 9.17) is 16.3 Å². The summed E-state index contributed by atoms with van der Waals surface area (Å²) >= 11 is 6.23. The molecule has 2 N–H and O–H groups in total. The maximum Gasteiger partial charge on any atom is 0.142 e. The van der Waals surface area contributed by atoms with Crippen molar-refractivity contribution in [1.29, 1.82) is 0 Å². The van der Waals surface area contributed by atoms with Gasteiger partial charge in [-0.3, -0.25) is 0 Å². The van der Waals surface area contributed by atoms with Crippen LogP contribution in [0.1, 0.15) is 38.2 Å². The average molecular weight is 284 g/mol. The third-order valence-corrected chi connectivity index (χ3v) is 3.78. The molecule has 19 heavy (non-hydrogen) atoms. The average Bonchev–Trinajstić information content (AvgIpc) is 2.79. The van der Waals surface area contributed by atoms with Crippen LogP contribution in [0.5, 0.6) is 5.75 Å². The van der Waals surface area contributed by atoms with Crippen LogP contribution in [-0.4, -0.2) is 23.9 Å². The molecule has 0 bridgehead atoms. The molecule has 0 aromatic heterocycles. The van der Waals surface area contributed by atoms with Crippen molar-refractivity contribution < 1.29 is 9.84 Å². The van der Waals surface area contributed by atoms with Gasteiger partial charge in [-0.1, -0.05) is 30.7 Å². The van der Waals surface area contributed by atoms with Crippen LogP contribution in [0.4, 0.5) is 0 Å². The van der Waals surface area contributed by atoms with Crippen molar-refractivity contribution in [2.24, 2.45) is 0 Å². The summed E-state index contributed by atoms with van der Waals surface area (Å²) in [7, 11) is 0. The molecule has 2 unspecified atom stereocenters. The number of ether oxygens (including phenoxy) is 1. The lowest BCUT2D eigenvalue weighted by atomic mass is 10.2. The molecular weight excluding hydrogens is 262 g/mol. The van der Waals surface area contributed by atoms with E-state index in [-0.39, 0.29) is 12.2 Å². The Kier molecular flexibility index (Phi) is 5.49. The molecule has 4 heteroatoms. The fourth-order valence-corrected chi connectivity index (χ4v) is 2.66. The van der Waals surface area contributed by atoms with Gasteiger partial charge in [-0.05, 0) is 38.3 Å². The monoisotopic (exact) mass is 283 g/mol. The van der Waals surface area contributed by atoms with Crippen LogP contribution < -0.4 is 10.1 Å². The SMILES string of the molecule is CCCNCc1cccc(Cl)c1OC1CCCC1O. The van der Waals surface area contributed by atoms with E-state index in [9.17, 15) is 5.11 Å². The number of hydrogen-bond acceptors (Lipinski definition) is 3. The molecule has 106 valence electrons. The molecular formula is C15H22ClNO2. The first-order chi connectivity index (χ1) is 9.22. The molecule has 2 rings (SSSR count). The van der Waals surface area contributed by atoms with Crippen molar-refractivity contribution >= 4 is 11.6 Å². The predicted octanol–water partition coefficient (Wildman–Crippen LogP) is 3.13. The van der Waals surface area contributed by atoms with Gasteiger partial charge in [0.25, 0.3) is 0 Å². The number of nitrogens with one attached hydrogen (secondary N) is 1. The minimum absolute atomic E-state index is 0.121. The Bertz CT molecular complexity index is 411. The van der Waals surface area contributed by atoms with Crippen molar-refractivity contribution in [2.45, 2.75) is 51.4 Å². The third kappa shape index (κ3) is 3.85. The Morgan fingerprint density at radius 1 is 1.42 bits per heavy atom. The van der Waals surface area contributed by atoms with Crippen LogP contribution in [0, 0.1) is 0 Å². The third-order valence-electron chi connectivity index (χ3n) is 3.48. The van der Waals surface area contributed by atoms with Crippen LogP contribution >= 0.6 is 11.6 Å². The highest BCUT2D eigenvalue weighted by molar-refractivity contribution is 6.32. The van der Waals surface area contributed by atoms with Crippen molar-refractivity contribution in [3.05, 3.63) is 28.8 Å². The number of aliphatic hydroxyl groups is 1. The lowest BCUT2D eigenvalue weighted by Gasteiger charge is -2.20. The van der Waals surface area contributed by atoms with Crippen molar-refractivity contribution in [2.75, 3.05) is 6.54 Å². The molecule has 0 spiro atoms. The van der Waals surface area contributed by atoms with Crippen LogP contribution in [0.25, 0.3) is 0 Å². The zero-order valence-corrected chi connectivity index (χ0v) is 12.1. The molecule has 0 amide bonds. The van der Waals surface area contributed by atoms with E-state index in [2.05, 4.69) is 12.2 Å². The molecule has 0 aliphatic heterocycles. The standard InChI is InChI=1S/C15H22ClNO2/c1-2-9-17-10-11-5-3-6-12(16)15(11)19-14-8-4-7-13(14)18/h3,5-6,13-14,17-18H,2,4,7-10H2,1H3. The minimum Gasteiger partial charge on any atom is -0.486 e. The smallest absolute Gasteiger partial charge is 0.142 e. The van der Waals surface area contributed by atoms with Gasteiger partial charge in [0, 0.05) is 12.1 Å². The topological polar surface area (TPSA) is 41.5 Å². The van der Waals surface area contributed by atoms with E-state index in [0.29, 0.717) is 5.02 Å². The quantitative estimate of drug-likeness (QED) is 0.788. The summed E-state index contributed by atoms with van der Waals surface area (Å²) in [5.74, 6) is 0.721. The molecule has 0 saturated heterocycles. The minimum atomic E-state index is -0.368. The molecule has 3 nitrogen and oxygen atoms in total. The normalized spacial score (nSPS) is 22.7. The summed E-state index contributed by atoms with van der Waals surface area (Å²) in [6.45, 7) is 3.85. The number of para-hydroxylation sites is 1. The van der Waals surface area contributed by atoms with E-state index in [1.54, 1.807) is 0 Å². The highest BCUT2D eigenvalue weighted by Gasteiger charge is 2.28. The number of hydrogen-bond donors (Lipinski definition) is 2. The Morgan fingerprint density at radius 2 is 2.26 bits per heavy atom. The number of aliphatic hydroxyl groups excluding tert-OH is 1. The van der Waals surface area contributed by atoms with Crippen LogP contribution in [0.15, 0.2) is 18.2 Å². The van der Waals surface area contributed by atoms with Gasteiger partial charge in [0.1, 0.15) is 11.9 Å². The Balaban J connectivity index is 2.08. The summed E-state index contributed by atoms with van der Waals surface area (Å²) < 4.78 is 5.96. The van der Waals surface area contributed by atoms with Gasteiger partial charge in [-0.2, -0.15) is 0 Å². The Labute approximate surface area is 119 Å². The zero-order valence-electron chi connectivity index (χ0n) is 11.4. The molecule has 1 fully saturated rings. The molecule has 1 aliphatic rings. The van der Waals surface area contributed by atoms with Gasteiger partial charge in [0.05, 0.1) is 11.1 Å². The van der Waals surface area contributed by atoms with Gasteiger partial charge >= 0.3 is 0 Å². The van der Waals surface area contributed by atoms with Gasteiger partial charge in [0.2, 0.25) is 0 Å². The number of rotatable bonds is 6. The van der Waals surface area contributed by atoms with E-state index in [0.717, 1.165) is 50.1 Å². The second kappa shape index (κ2) is 7.13. The Hall–Kier alpha value is -0.770. The molecule has 1 saturated carbocycles. The molecule has 1 aliphatic carbocycles. The lowest BCUT2D eigenvalue weighted by molar-refractivity contribution is 0.0598. The highest BCUT2D eigenvalue weighted by Crippen LogP contribution is 2.33. The summed E-state index contributed by atoms with van der Waals surface area (Å²) in [5, 5.41) is 13.8. The fourth-order valence-electron chi connectivity index (χ4n) is 2.42. The second-order valence-electron chi connectivity index (χ2n) is 5.06. The molecule has 0 radical (unpaired) electrons. The van der Waals surface area contributed by atoms with Crippen molar-refractivity contribution in [1.82, 2.24) is 5.32 Å². The maximum absolute atomic E-state index is 9.86. The van der Waals surface area contributed by atoms with Crippen LogP contribution in [-0.2, 0) is 6.54 Å². The number of halogens is 1. The van der Waals surface area contributed by atoms with Crippen molar-refractivity contribution in [3.63, 3.8) is 0 Å². The molecule has 2 atom stereocenters. The van der Waals surface area contributed by atoms with E-state index >= 15 is 0 Å². The molecule has 1 aromatic carbocycles. The Morgan fingerprint density at radius 3 is 2.95 bits per heavy atom. The van der Waals surface area contributed by atoms with Crippen LogP contribution in [0.3, 0.4) is 0 Å². The summed E-state index contributed by atoms with van der Waals surface area (Å²) in [5.41, 5.74) is 1.06. The van der Waals surface area contributed by atoms with Gasteiger partial charge < -0.3 is 15.2 Å². The maximum atomic E-state index is 9.86. The first-order valence-electron chi connectivity index (χ1n) is 7.05. The summed E-state index contributed by atoms with van der Waals surface area (Å²) in [6, 6.07) is 5.79. The molecule has 1 aromatic rings. The summed E-state index contributed by atoms with van der Waals surface area (Å²) in [6.07, 6.45) is 3.34. The summed E-state index contributed by atoms with van der Waals surface area (Å²) in [4.78, 5) is 0. The van der Waals surface area contributed by atoms with Crippen molar-refractivity contribution in [3.8, 4) is 5.75 Å². The first kappa shape index (κ1) is 14.6. The molecule has 0 heterocycles. The fraction of sp³-hybridized carbons (Fsp3) is 0.600. The van der Waals surface area contributed by atoms with Gasteiger partial charge in [0.15, 0.2) is 0 Å². The zero-order chi connectivity index (χ0) is 13.7. The second-order valence-corrected chi connectivity index (χ2v) is 5.47.